The molecule has 0 radical (unpaired) electrons. The first-order valence-electron chi connectivity index (χ1n) is 7.18. The second kappa shape index (κ2) is 6.12. The summed E-state index contributed by atoms with van der Waals surface area (Å²) < 4.78 is 12.4. The maximum atomic E-state index is 5.36. The molecule has 0 fully saturated rings. The molecule has 0 spiro atoms. The van der Waals surface area contributed by atoms with Crippen molar-refractivity contribution < 1.29 is 9.47 Å². The molecule has 0 saturated carbocycles. The number of fused-ring (bicyclic) bond motifs is 1. The summed E-state index contributed by atoms with van der Waals surface area (Å²) in [5.74, 6) is 2.28. The van der Waals surface area contributed by atoms with Gasteiger partial charge in [-0.25, -0.2) is 9.97 Å². The third-order valence-electron chi connectivity index (χ3n) is 3.74. The minimum absolute atomic E-state index is 0.682. The maximum absolute atomic E-state index is 5.36. The van der Waals surface area contributed by atoms with Gasteiger partial charge < -0.3 is 14.4 Å². The number of benzene rings is 1. The molecule has 2 heterocycles. The number of methoxy groups -OCH3 is 2. The van der Waals surface area contributed by atoms with Crippen LogP contribution in [-0.4, -0.2) is 41.0 Å². The monoisotopic (exact) mass is 313 g/mol. The van der Waals surface area contributed by atoms with Crippen LogP contribution >= 0.6 is 0 Å². The summed E-state index contributed by atoms with van der Waals surface area (Å²) in [6.45, 7) is 0.682. The number of hydrogen-bond donors (Lipinski definition) is 0. The van der Waals surface area contributed by atoms with Crippen molar-refractivity contribution in [3.05, 3.63) is 36.3 Å². The molecule has 0 atom stereocenters. The zero-order valence-corrected chi connectivity index (χ0v) is 13.6. The first kappa shape index (κ1) is 15.1. The van der Waals surface area contributed by atoms with Crippen LogP contribution in [0.5, 0.6) is 11.5 Å². The zero-order valence-electron chi connectivity index (χ0n) is 13.6. The van der Waals surface area contributed by atoms with Crippen LogP contribution in [-0.2, 0) is 13.6 Å². The van der Waals surface area contributed by atoms with E-state index in [-0.39, 0.29) is 0 Å². The SMILES string of the molecule is COc1ccc(CN(C)c2ncnc3c2cnn3C)cc1OC. The van der Waals surface area contributed by atoms with Crippen molar-refractivity contribution in [3.63, 3.8) is 0 Å². The fraction of sp³-hybridized carbons (Fsp3) is 0.312. The van der Waals surface area contributed by atoms with Crippen LogP contribution in [0.25, 0.3) is 11.0 Å². The molecule has 0 aliphatic heterocycles. The maximum Gasteiger partial charge on any atom is 0.163 e. The highest BCUT2D eigenvalue weighted by atomic mass is 16.5. The van der Waals surface area contributed by atoms with E-state index < -0.39 is 0 Å². The number of nitrogens with zero attached hydrogens (tertiary/aromatic N) is 5. The number of aryl methyl sites for hydroxylation is 1. The third kappa shape index (κ3) is 2.77. The van der Waals surface area contributed by atoms with Gasteiger partial charge in [0.15, 0.2) is 17.1 Å². The van der Waals surface area contributed by atoms with E-state index >= 15 is 0 Å². The number of ether oxygens (including phenoxy) is 2. The highest BCUT2D eigenvalue weighted by molar-refractivity contribution is 5.86. The van der Waals surface area contributed by atoms with Gasteiger partial charge in [-0.3, -0.25) is 4.68 Å². The number of rotatable bonds is 5. The van der Waals surface area contributed by atoms with Crippen molar-refractivity contribution in [1.82, 2.24) is 19.7 Å². The first-order chi connectivity index (χ1) is 11.1. The molecule has 23 heavy (non-hydrogen) atoms. The summed E-state index contributed by atoms with van der Waals surface area (Å²) in [6, 6.07) is 5.89. The Morgan fingerprint density at radius 2 is 1.91 bits per heavy atom. The molecule has 0 bridgehead atoms. The molecule has 3 rings (SSSR count). The molecule has 0 aliphatic rings. The van der Waals surface area contributed by atoms with Crippen LogP contribution in [0.2, 0.25) is 0 Å². The largest absolute Gasteiger partial charge is 0.493 e. The summed E-state index contributed by atoms with van der Waals surface area (Å²) in [4.78, 5) is 10.7. The molecule has 0 amide bonds. The average molecular weight is 313 g/mol. The van der Waals surface area contributed by atoms with Gasteiger partial charge in [0.05, 0.1) is 25.8 Å². The Morgan fingerprint density at radius 1 is 1.13 bits per heavy atom. The van der Waals surface area contributed by atoms with Gasteiger partial charge in [0.25, 0.3) is 0 Å². The predicted octanol–water partition coefficient (Wildman–Crippen LogP) is 2.02. The molecular formula is C16H19N5O2. The lowest BCUT2D eigenvalue weighted by Gasteiger charge is -2.19. The van der Waals surface area contributed by atoms with E-state index in [4.69, 9.17) is 9.47 Å². The van der Waals surface area contributed by atoms with Gasteiger partial charge >= 0.3 is 0 Å². The van der Waals surface area contributed by atoms with Crippen molar-refractivity contribution >= 4 is 16.9 Å². The fourth-order valence-corrected chi connectivity index (χ4v) is 2.58. The summed E-state index contributed by atoms with van der Waals surface area (Å²) >= 11 is 0. The third-order valence-corrected chi connectivity index (χ3v) is 3.74. The Kier molecular flexibility index (Phi) is 4.01. The van der Waals surface area contributed by atoms with Gasteiger partial charge in [-0.1, -0.05) is 6.07 Å². The van der Waals surface area contributed by atoms with Crippen LogP contribution in [0.15, 0.2) is 30.7 Å². The first-order valence-corrected chi connectivity index (χ1v) is 7.18. The van der Waals surface area contributed by atoms with E-state index in [2.05, 4.69) is 20.0 Å². The van der Waals surface area contributed by atoms with Crippen molar-refractivity contribution in [3.8, 4) is 11.5 Å². The molecule has 7 heteroatoms. The normalized spacial score (nSPS) is 10.8. The standard InChI is InChI=1S/C16H19N5O2/c1-20(9-11-5-6-13(22-3)14(7-11)23-4)15-12-8-19-21(2)16(12)18-10-17-15/h5-8,10H,9H2,1-4H3. The van der Waals surface area contributed by atoms with E-state index in [0.717, 1.165) is 28.2 Å². The van der Waals surface area contributed by atoms with Crippen molar-refractivity contribution in [2.24, 2.45) is 7.05 Å². The quantitative estimate of drug-likeness (QED) is 0.718. The average Bonchev–Trinajstić information content (AvgIpc) is 2.96. The van der Waals surface area contributed by atoms with E-state index in [0.29, 0.717) is 12.3 Å². The summed E-state index contributed by atoms with van der Waals surface area (Å²) in [7, 11) is 7.12. The van der Waals surface area contributed by atoms with Gasteiger partial charge in [-0.15, -0.1) is 0 Å². The van der Waals surface area contributed by atoms with Crippen LogP contribution in [0.1, 0.15) is 5.56 Å². The van der Waals surface area contributed by atoms with Gasteiger partial charge in [-0.2, -0.15) is 5.10 Å². The molecule has 120 valence electrons. The van der Waals surface area contributed by atoms with Gasteiger partial charge in [0, 0.05) is 20.6 Å². The van der Waals surface area contributed by atoms with Gasteiger partial charge in [-0.05, 0) is 17.7 Å². The van der Waals surface area contributed by atoms with E-state index in [1.165, 1.54) is 0 Å². The van der Waals surface area contributed by atoms with Crippen molar-refractivity contribution in [1.29, 1.82) is 0 Å². The van der Waals surface area contributed by atoms with Crippen LogP contribution in [0.4, 0.5) is 5.82 Å². The lowest BCUT2D eigenvalue weighted by Crippen LogP contribution is -2.18. The number of hydrogen-bond acceptors (Lipinski definition) is 6. The van der Waals surface area contributed by atoms with E-state index in [9.17, 15) is 0 Å². The molecule has 0 aliphatic carbocycles. The second-order valence-electron chi connectivity index (χ2n) is 5.25. The predicted molar refractivity (Wildman–Crippen MR) is 88.0 cm³/mol. The van der Waals surface area contributed by atoms with Crippen LogP contribution < -0.4 is 14.4 Å². The molecule has 2 aromatic heterocycles. The lowest BCUT2D eigenvalue weighted by molar-refractivity contribution is 0.354. The Labute approximate surface area is 134 Å². The summed E-state index contributed by atoms with van der Waals surface area (Å²) in [6.07, 6.45) is 3.35. The Balaban J connectivity index is 1.90. The van der Waals surface area contributed by atoms with Crippen molar-refractivity contribution in [2.45, 2.75) is 6.54 Å². The van der Waals surface area contributed by atoms with Crippen molar-refractivity contribution in [2.75, 3.05) is 26.2 Å². The molecule has 0 unspecified atom stereocenters. The van der Waals surface area contributed by atoms with Gasteiger partial charge in [0.1, 0.15) is 12.1 Å². The second-order valence-corrected chi connectivity index (χ2v) is 5.25. The Morgan fingerprint density at radius 3 is 2.65 bits per heavy atom. The van der Waals surface area contributed by atoms with E-state index in [1.807, 2.05) is 32.3 Å². The van der Waals surface area contributed by atoms with Crippen LogP contribution in [0, 0.1) is 0 Å². The lowest BCUT2D eigenvalue weighted by atomic mass is 10.2. The molecule has 7 nitrogen and oxygen atoms in total. The number of anilines is 1. The molecule has 1 aromatic carbocycles. The molecular weight excluding hydrogens is 294 g/mol. The summed E-state index contributed by atoms with van der Waals surface area (Å²) in [5.41, 5.74) is 1.91. The summed E-state index contributed by atoms with van der Waals surface area (Å²) in [5, 5.41) is 5.18. The number of aromatic nitrogens is 4. The minimum atomic E-state index is 0.682. The topological polar surface area (TPSA) is 65.3 Å². The van der Waals surface area contributed by atoms with Crippen LogP contribution in [0.3, 0.4) is 0 Å². The Bertz CT molecular complexity index is 830. The highest BCUT2D eigenvalue weighted by Gasteiger charge is 2.13. The minimum Gasteiger partial charge on any atom is -0.493 e. The smallest absolute Gasteiger partial charge is 0.163 e. The fourth-order valence-electron chi connectivity index (χ4n) is 2.58. The molecule has 0 saturated heterocycles. The molecule has 0 N–H and O–H groups in total. The van der Waals surface area contributed by atoms with E-state index in [1.54, 1.807) is 31.4 Å². The highest BCUT2D eigenvalue weighted by Crippen LogP contribution is 2.29. The zero-order chi connectivity index (χ0) is 16.4. The van der Waals surface area contributed by atoms with Gasteiger partial charge in [0.2, 0.25) is 0 Å². The molecule has 3 aromatic rings. The Hall–Kier alpha value is -2.83.